The molecule has 33 heavy (non-hydrogen) atoms. The first kappa shape index (κ1) is 25.5. The second kappa shape index (κ2) is 11.4. The fourth-order valence-electron chi connectivity index (χ4n) is 5.35. The lowest BCUT2D eigenvalue weighted by Crippen LogP contribution is -2.52. The molecule has 1 aromatic rings. The number of hydrogen-bond donors (Lipinski definition) is 3. The molecule has 3 N–H and O–H groups in total. The van der Waals surface area contributed by atoms with E-state index in [4.69, 9.17) is 10.1 Å². The smallest absolute Gasteiger partial charge is 0.128 e. The number of nitrogens with one attached hydrogen (secondary N) is 1. The maximum Gasteiger partial charge on any atom is 0.128 e. The molecule has 0 unspecified atom stereocenters. The summed E-state index contributed by atoms with van der Waals surface area (Å²) in [6, 6.07) is 3.94. The Bertz CT molecular complexity index is 825. The highest BCUT2D eigenvalue weighted by molar-refractivity contribution is 5.90. The van der Waals surface area contributed by atoms with Gasteiger partial charge in [-0.3, -0.25) is 10.3 Å². The lowest BCUT2D eigenvalue weighted by Gasteiger charge is -2.44. The Balaban J connectivity index is 1.76. The lowest BCUT2D eigenvalue weighted by atomic mass is 9.87. The van der Waals surface area contributed by atoms with Gasteiger partial charge >= 0.3 is 0 Å². The summed E-state index contributed by atoms with van der Waals surface area (Å²) >= 11 is 0. The van der Waals surface area contributed by atoms with Crippen LogP contribution in [0.2, 0.25) is 0 Å². The highest BCUT2D eigenvalue weighted by atomic mass is 16.5. The number of phenolic OH excluding ortho intramolecular Hbond substituents is 2. The van der Waals surface area contributed by atoms with E-state index >= 15 is 0 Å². The van der Waals surface area contributed by atoms with Crippen molar-refractivity contribution >= 4 is 11.5 Å². The molecule has 1 saturated carbocycles. The van der Waals surface area contributed by atoms with Gasteiger partial charge in [-0.25, -0.2) is 0 Å². The summed E-state index contributed by atoms with van der Waals surface area (Å²) in [4.78, 5) is 7.10. The van der Waals surface area contributed by atoms with Gasteiger partial charge in [0.1, 0.15) is 23.9 Å². The van der Waals surface area contributed by atoms with Gasteiger partial charge in [0.2, 0.25) is 0 Å². The van der Waals surface area contributed by atoms with E-state index in [1.54, 1.807) is 7.11 Å². The van der Waals surface area contributed by atoms with Crippen LogP contribution in [0.1, 0.15) is 63.5 Å². The molecule has 1 saturated heterocycles. The number of likely N-dealkylation sites (N-methyl/N-ethyl adjacent to an activating group) is 1. The van der Waals surface area contributed by atoms with Gasteiger partial charge in [-0.1, -0.05) is 27.4 Å². The molecule has 0 atom stereocenters. The predicted octanol–water partition coefficient (Wildman–Crippen LogP) is 4.07. The number of rotatable bonds is 8. The first-order chi connectivity index (χ1) is 15.8. The van der Waals surface area contributed by atoms with Crippen molar-refractivity contribution in [3.63, 3.8) is 0 Å². The van der Waals surface area contributed by atoms with E-state index in [0.717, 1.165) is 64.0 Å². The van der Waals surface area contributed by atoms with Crippen LogP contribution in [0.15, 0.2) is 18.7 Å². The van der Waals surface area contributed by atoms with Gasteiger partial charge in [-0.05, 0) is 49.8 Å². The summed E-state index contributed by atoms with van der Waals surface area (Å²) in [5, 5.41) is 29.6. The molecule has 184 valence electrons. The van der Waals surface area contributed by atoms with Crippen LogP contribution < -0.4 is 0 Å². The minimum Gasteiger partial charge on any atom is -0.508 e. The molecule has 3 rings (SSSR count). The molecule has 1 aliphatic heterocycles. The van der Waals surface area contributed by atoms with Gasteiger partial charge < -0.3 is 24.7 Å². The largest absolute Gasteiger partial charge is 0.508 e. The van der Waals surface area contributed by atoms with Crippen LogP contribution in [0.3, 0.4) is 0 Å². The van der Waals surface area contributed by atoms with Gasteiger partial charge in [0.05, 0.1) is 0 Å². The molecule has 1 aliphatic carbocycles. The zero-order valence-corrected chi connectivity index (χ0v) is 20.8. The molecule has 2 fully saturated rings. The normalized spacial score (nSPS) is 22.5. The molecule has 0 aromatic heterocycles. The predicted molar refractivity (Wildman–Crippen MR) is 134 cm³/mol. The summed E-state index contributed by atoms with van der Waals surface area (Å²) in [7, 11) is 1.59. The van der Waals surface area contributed by atoms with Crippen LogP contribution in [-0.4, -0.2) is 89.3 Å². The highest BCUT2D eigenvalue weighted by Gasteiger charge is 2.33. The average molecular weight is 459 g/mol. The number of benzene rings is 1. The quantitative estimate of drug-likeness (QED) is 0.402. The van der Waals surface area contributed by atoms with E-state index in [9.17, 15) is 10.2 Å². The molecular formula is C26H42N4O3. The number of hydrogen-bond acceptors (Lipinski definition) is 6. The third-order valence-electron chi connectivity index (χ3n) is 7.34. The Kier molecular flexibility index (Phi) is 8.79. The maximum atomic E-state index is 10.6. The number of nitrogens with zero attached hydrogens (tertiary/aromatic N) is 3. The summed E-state index contributed by atoms with van der Waals surface area (Å²) in [5.41, 5.74) is 1.92. The minimum absolute atomic E-state index is 0.0143. The van der Waals surface area contributed by atoms with Crippen LogP contribution in [0, 0.1) is 5.41 Å². The average Bonchev–Trinajstić information content (AvgIpc) is 2.79. The van der Waals surface area contributed by atoms with Crippen molar-refractivity contribution in [2.24, 2.45) is 0 Å². The Morgan fingerprint density at radius 1 is 1.12 bits per heavy atom. The molecule has 2 aliphatic rings. The second-order valence-electron chi connectivity index (χ2n) is 9.71. The van der Waals surface area contributed by atoms with Gasteiger partial charge in [-0.15, -0.1) is 0 Å². The van der Waals surface area contributed by atoms with Crippen LogP contribution in [0.25, 0.3) is 5.70 Å². The molecule has 0 bridgehead atoms. The van der Waals surface area contributed by atoms with Crippen molar-refractivity contribution in [3.8, 4) is 11.5 Å². The second-order valence-corrected chi connectivity index (χ2v) is 9.71. The molecule has 7 heteroatoms. The number of phenols is 2. The van der Waals surface area contributed by atoms with Gasteiger partial charge in [0.25, 0.3) is 0 Å². The molecule has 1 heterocycles. The van der Waals surface area contributed by atoms with Gasteiger partial charge in [0.15, 0.2) is 0 Å². The van der Waals surface area contributed by atoms with Gasteiger partial charge in [-0.2, -0.15) is 0 Å². The summed E-state index contributed by atoms with van der Waals surface area (Å²) < 4.78 is 5.29. The first-order valence-electron chi connectivity index (χ1n) is 12.3. The monoisotopic (exact) mass is 458 g/mol. The standard InChI is InChI=1S/C26H42N4O3/c1-6-28-11-13-29(14-12-28)20-7-9-21(10-8-20)30(26(27)17-33-5)19(4)23-15-22(18(2)3)24(31)16-25(23)32/h15-16,18,20-21,27,31-32H,4,6-14,17H2,1-3,5H3. The van der Waals surface area contributed by atoms with E-state index in [0.29, 0.717) is 23.1 Å². The van der Waals surface area contributed by atoms with Crippen molar-refractivity contribution in [1.82, 2.24) is 14.7 Å². The molecule has 0 amide bonds. The Labute approximate surface area is 199 Å². The SMILES string of the molecule is C=C(c1cc(C(C)C)c(O)cc1O)N(C(=N)COC)C1CCC(N2CCN(CC)CC2)CC1. The third-order valence-corrected chi connectivity index (χ3v) is 7.34. The highest BCUT2D eigenvalue weighted by Crippen LogP contribution is 2.38. The Morgan fingerprint density at radius 2 is 1.76 bits per heavy atom. The number of amidine groups is 1. The van der Waals surface area contributed by atoms with E-state index < -0.39 is 0 Å². The van der Waals surface area contributed by atoms with Crippen molar-refractivity contribution in [1.29, 1.82) is 5.41 Å². The van der Waals surface area contributed by atoms with Gasteiger partial charge in [0, 0.05) is 62.7 Å². The molecular weight excluding hydrogens is 416 g/mol. The van der Waals surface area contributed by atoms with Crippen molar-refractivity contribution in [3.05, 3.63) is 29.8 Å². The number of methoxy groups -OCH3 is 1. The Hall–Kier alpha value is -2.09. The van der Waals surface area contributed by atoms with Crippen molar-refractivity contribution < 1.29 is 14.9 Å². The summed E-state index contributed by atoms with van der Waals surface area (Å²) in [6.07, 6.45) is 4.14. The molecule has 1 aromatic carbocycles. The van der Waals surface area contributed by atoms with E-state index in [2.05, 4.69) is 23.3 Å². The van der Waals surface area contributed by atoms with Crippen molar-refractivity contribution in [2.75, 3.05) is 46.4 Å². The fraction of sp³-hybridized carbons (Fsp3) is 0.654. The topological polar surface area (TPSA) is 83.3 Å². The van der Waals surface area contributed by atoms with E-state index in [-0.39, 0.29) is 30.1 Å². The zero-order chi connectivity index (χ0) is 24.1. The zero-order valence-electron chi connectivity index (χ0n) is 20.8. The van der Waals surface area contributed by atoms with E-state index in [1.807, 2.05) is 24.8 Å². The first-order valence-corrected chi connectivity index (χ1v) is 12.3. The van der Waals surface area contributed by atoms with E-state index in [1.165, 1.54) is 6.07 Å². The van der Waals surface area contributed by atoms with Crippen LogP contribution in [-0.2, 0) is 4.74 Å². The fourth-order valence-corrected chi connectivity index (χ4v) is 5.35. The number of ether oxygens (including phenoxy) is 1. The van der Waals surface area contributed by atoms with Crippen molar-refractivity contribution in [2.45, 2.75) is 64.5 Å². The van der Waals surface area contributed by atoms with Crippen LogP contribution in [0.4, 0.5) is 0 Å². The summed E-state index contributed by atoms with van der Waals surface area (Å²) in [6.45, 7) is 16.4. The van der Waals surface area contributed by atoms with Crippen LogP contribution >= 0.6 is 0 Å². The van der Waals surface area contributed by atoms with Crippen LogP contribution in [0.5, 0.6) is 11.5 Å². The number of aromatic hydroxyl groups is 2. The maximum absolute atomic E-state index is 10.6. The Morgan fingerprint density at radius 3 is 2.30 bits per heavy atom. The minimum atomic E-state index is -0.0143. The lowest BCUT2D eigenvalue weighted by molar-refractivity contribution is 0.0721. The molecule has 0 radical (unpaired) electrons. The summed E-state index contributed by atoms with van der Waals surface area (Å²) in [5.74, 6) is 0.523. The molecule has 7 nitrogen and oxygen atoms in total. The molecule has 0 spiro atoms. The number of piperazine rings is 1. The third kappa shape index (κ3) is 5.89.